The van der Waals surface area contributed by atoms with Crippen molar-refractivity contribution in [2.24, 2.45) is 0 Å². The lowest BCUT2D eigenvalue weighted by Crippen LogP contribution is -2.13. The van der Waals surface area contributed by atoms with E-state index in [-0.39, 0.29) is 5.88 Å². The first-order chi connectivity index (χ1) is 18.0. The maximum atomic E-state index is 13.3. The van der Waals surface area contributed by atoms with E-state index < -0.39 is 11.9 Å². The zero-order valence-corrected chi connectivity index (χ0v) is 21.2. The van der Waals surface area contributed by atoms with Gasteiger partial charge in [-0.3, -0.25) is 14.9 Å². The van der Waals surface area contributed by atoms with Crippen LogP contribution in [0.4, 0.5) is 5.88 Å². The Hall–Kier alpha value is -4.56. The molecule has 0 fully saturated rings. The van der Waals surface area contributed by atoms with Gasteiger partial charge in [-0.1, -0.05) is 30.3 Å². The highest BCUT2D eigenvalue weighted by Gasteiger charge is 2.25. The molecule has 0 aliphatic heterocycles. The monoisotopic (exact) mass is 513 g/mol. The minimum absolute atomic E-state index is 0.244. The molecular formula is C29H23NO6S. The molecule has 7 nitrogen and oxygen atoms in total. The van der Waals surface area contributed by atoms with E-state index in [0.29, 0.717) is 33.6 Å². The van der Waals surface area contributed by atoms with Crippen LogP contribution in [0.2, 0.25) is 0 Å². The summed E-state index contributed by atoms with van der Waals surface area (Å²) in [5.74, 6) is 0.889. The molecule has 8 heteroatoms. The van der Waals surface area contributed by atoms with Crippen LogP contribution in [-0.4, -0.2) is 26.1 Å². The molecule has 2 aromatic heterocycles. The second-order valence-corrected chi connectivity index (χ2v) is 9.06. The summed E-state index contributed by atoms with van der Waals surface area (Å²) in [6, 6.07) is 21.9. The highest BCUT2D eigenvalue weighted by atomic mass is 32.1. The van der Waals surface area contributed by atoms with E-state index in [1.165, 1.54) is 25.4 Å². The third kappa shape index (κ3) is 4.79. The summed E-state index contributed by atoms with van der Waals surface area (Å²) in [6.45, 7) is 1.35. The maximum Gasteiger partial charge on any atom is 0.308 e. The fourth-order valence-corrected chi connectivity index (χ4v) is 4.90. The number of rotatable bonds is 7. The van der Waals surface area contributed by atoms with Gasteiger partial charge in [0, 0.05) is 11.8 Å². The number of benzene rings is 3. The van der Waals surface area contributed by atoms with Crippen molar-refractivity contribution >= 4 is 40.1 Å². The lowest BCUT2D eigenvalue weighted by atomic mass is 10.0. The molecule has 1 N–H and O–H groups in total. The zero-order chi connectivity index (χ0) is 25.9. The molecule has 5 rings (SSSR count). The number of carbonyl (C=O) groups excluding carboxylic acids is 2. The van der Waals surface area contributed by atoms with E-state index >= 15 is 0 Å². The van der Waals surface area contributed by atoms with Crippen molar-refractivity contribution in [1.29, 1.82) is 0 Å². The topological polar surface area (TPSA) is 87.0 Å². The summed E-state index contributed by atoms with van der Waals surface area (Å²) in [5, 5.41) is 5.41. The average molecular weight is 514 g/mol. The number of esters is 1. The van der Waals surface area contributed by atoms with E-state index in [9.17, 15) is 9.59 Å². The molecule has 1 amide bonds. The van der Waals surface area contributed by atoms with Gasteiger partial charge >= 0.3 is 5.97 Å². The third-order valence-corrected chi connectivity index (χ3v) is 6.67. The number of ether oxygens (including phenoxy) is 3. The van der Waals surface area contributed by atoms with Crippen LogP contribution in [0.3, 0.4) is 0 Å². The van der Waals surface area contributed by atoms with E-state index in [2.05, 4.69) is 5.32 Å². The Morgan fingerprint density at radius 2 is 1.65 bits per heavy atom. The van der Waals surface area contributed by atoms with Crippen LogP contribution < -0.4 is 19.5 Å². The van der Waals surface area contributed by atoms with Gasteiger partial charge in [-0.05, 0) is 59.0 Å². The van der Waals surface area contributed by atoms with Gasteiger partial charge in [-0.15, -0.1) is 11.3 Å². The van der Waals surface area contributed by atoms with Gasteiger partial charge in [0.15, 0.2) is 0 Å². The highest BCUT2D eigenvalue weighted by Crippen LogP contribution is 2.46. The molecule has 0 atom stereocenters. The normalized spacial score (nSPS) is 10.8. The standard InChI is InChI=1S/C29H23NO6S/c1-17(31)35-23-15-19(18-10-12-20(33-2)13-11-18)16-24-26(23)27(25-9-6-14-37-25)29(36-24)30-28(32)21-7-4-5-8-22(21)34-3/h4-16H,1-3H3,(H,30,32). The Labute approximate surface area is 217 Å². The van der Waals surface area contributed by atoms with Gasteiger partial charge < -0.3 is 18.6 Å². The van der Waals surface area contributed by atoms with Crippen molar-refractivity contribution in [3.63, 3.8) is 0 Å². The maximum absolute atomic E-state index is 13.3. The van der Waals surface area contributed by atoms with E-state index in [1.54, 1.807) is 37.4 Å². The first-order valence-electron chi connectivity index (χ1n) is 11.4. The van der Waals surface area contributed by atoms with Crippen LogP contribution in [0.1, 0.15) is 17.3 Å². The van der Waals surface area contributed by atoms with Crippen LogP contribution >= 0.6 is 11.3 Å². The molecule has 0 aliphatic carbocycles. The van der Waals surface area contributed by atoms with Gasteiger partial charge in [-0.2, -0.15) is 0 Å². The number of nitrogens with one attached hydrogen (secondary N) is 1. The predicted molar refractivity (Wildman–Crippen MR) is 144 cm³/mol. The van der Waals surface area contributed by atoms with Gasteiger partial charge in [0.05, 0.1) is 30.7 Å². The lowest BCUT2D eigenvalue weighted by Gasteiger charge is -2.10. The third-order valence-electron chi connectivity index (χ3n) is 5.78. The number of thiophene rings is 1. The molecule has 37 heavy (non-hydrogen) atoms. The minimum Gasteiger partial charge on any atom is -0.497 e. The van der Waals surface area contributed by atoms with E-state index in [4.69, 9.17) is 18.6 Å². The van der Waals surface area contributed by atoms with Crippen molar-refractivity contribution in [3.8, 4) is 38.8 Å². The van der Waals surface area contributed by atoms with Crippen LogP contribution in [0.5, 0.6) is 17.2 Å². The van der Waals surface area contributed by atoms with Gasteiger partial charge in [0.2, 0.25) is 5.88 Å². The number of furan rings is 1. The summed E-state index contributed by atoms with van der Waals surface area (Å²) in [5.41, 5.74) is 3.11. The number of carbonyl (C=O) groups is 2. The van der Waals surface area contributed by atoms with Crippen molar-refractivity contribution in [3.05, 3.63) is 83.7 Å². The van der Waals surface area contributed by atoms with E-state index in [0.717, 1.165) is 21.8 Å². The SMILES string of the molecule is COc1ccc(-c2cc(OC(C)=O)c3c(-c4cccs4)c(NC(=O)c4ccccc4OC)oc3c2)cc1. The Bertz CT molecular complexity index is 1590. The van der Waals surface area contributed by atoms with Crippen molar-refractivity contribution in [2.45, 2.75) is 6.92 Å². The molecule has 5 aromatic rings. The number of hydrogen-bond donors (Lipinski definition) is 1. The molecule has 0 saturated carbocycles. The molecule has 0 unspecified atom stereocenters. The second kappa shape index (κ2) is 10.2. The largest absolute Gasteiger partial charge is 0.497 e. The summed E-state index contributed by atoms with van der Waals surface area (Å²) >= 11 is 1.48. The van der Waals surface area contributed by atoms with Crippen molar-refractivity contribution < 1.29 is 28.2 Å². The average Bonchev–Trinajstić information content (AvgIpc) is 3.56. The minimum atomic E-state index is -0.467. The lowest BCUT2D eigenvalue weighted by molar-refractivity contribution is -0.131. The highest BCUT2D eigenvalue weighted by molar-refractivity contribution is 7.13. The molecule has 3 aromatic carbocycles. The Kier molecular flexibility index (Phi) is 6.66. The number of fused-ring (bicyclic) bond motifs is 1. The molecule has 0 saturated heterocycles. The van der Waals surface area contributed by atoms with Crippen molar-refractivity contribution in [2.75, 3.05) is 19.5 Å². The van der Waals surface area contributed by atoms with Crippen LogP contribution in [0, 0.1) is 0 Å². The first kappa shape index (κ1) is 24.1. The summed E-state index contributed by atoms with van der Waals surface area (Å²) < 4.78 is 22.5. The van der Waals surface area contributed by atoms with Crippen LogP contribution in [-0.2, 0) is 4.79 Å². The fourth-order valence-electron chi connectivity index (χ4n) is 4.12. The predicted octanol–water partition coefficient (Wildman–Crippen LogP) is 7.02. The number of amides is 1. The Balaban J connectivity index is 1.69. The number of para-hydroxylation sites is 1. The molecule has 0 aliphatic rings. The van der Waals surface area contributed by atoms with Crippen LogP contribution in [0.15, 0.2) is 82.6 Å². The van der Waals surface area contributed by atoms with E-state index in [1.807, 2.05) is 47.8 Å². The summed E-state index contributed by atoms with van der Waals surface area (Å²) in [4.78, 5) is 26.2. The molecule has 0 bridgehead atoms. The number of methoxy groups -OCH3 is 2. The van der Waals surface area contributed by atoms with Gasteiger partial charge in [0.1, 0.15) is 22.8 Å². The zero-order valence-electron chi connectivity index (χ0n) is 20.4. The molecular weight excluding hydrogens is 490 g/mol. The van der Waals surface area contributed by atoms with Gasteiger partial charge in [-0.25, -0.2) is 0 Å². The van der Waals surface area contributed by atoms with Gasteiger partial charge in [0.25, 0.3) is 5.91 Å². The smallest absolute Gasteiger partial charge is 0.308 e. The van der Waals surface area contributed by atoms with Crippen LogP contribution in [0.25, 0.3) is 32.5 Å². The first-order valence-corrected chi connectivity index (χ1v) is 12.3. The fraction of sp³-hybridized carbons (Fsp3) is 0.103. The molecule has 2 heterocycles. The molecule has 186 valence electrons. The number of anilines is 1. The Morgan fingerprint density at radius 3 is 2.32 bits per heavy atom. The summed E-state index contributed by atoms with van der Waals surface area (Å²) in [7, 11) is 3.12. The van der Waals surface area contributed by atoms with Crippen molar-refractivity contribution in [1.82, 2.24) is 0 Å². The molecule has 0 spiro atoms. The Morgan fingerprint density at radius 1 is 0.865 bits per heavy atom. The quantitative estimate of drug-likeness (QED) is 0.186. The second-order valence-electron chi connectivity index (χ2n) is 8.11. The molecule has 0 radical (unpaired) electrons. The summed E-state index contributed by atoms with van der Waals surface area (Å²) in [6.07, 6.45) is 0. The number of hydrogen-bond acceptors (Lipinski definition) is 7.